The molecule has 4 rings (SSSR count). The second kappa shape index (κ2) is 5.86. The minimum atomic E-state index is -0.234. The number of pyridine rings is 1. The predicted molar refractivity (Wildman–Crippen MR) is 92.9 cm³/mol. The van der Waals surface area contributed by atoms with Crippen molar-refractivity contribution >= 4 is 43.9 Å². The van der Waals surface area contributed by atoms with Crippen LogP contribution in [0.5, 0.6) is 0 Å². The topological polar surface area (TPSA) is 67.8 Å². The van der Waals surface area contributed by atoms with Crippen LogP contribution in [-0.4, -0.2) is 20.9 Å². The molecule has 0 unspecified atom stereocenters. The third kappa shape index (κ3) is 2.71. The highest BCUT2D eigenvalue weighted by atomic mass is 32.1. The first-order valence-electron chi connectivity index (χ1n) is 6.83. The molecule has 0 aliphatic rings. The highest BCUT2D eigenvalue weighted by Gasteiger charge is 2.17. The molecule has 3 heterocycles. The molecular formula is C16H10N4OS2. The van der Waals surface area contributed by atoms with Gasteiger partial charge in [-0.05, 0) is 24.3 Å². The lowest BCUT2D eigenvalue weighted by molar-refractivity contribution is 0.102. The maximum atomic E-state index is 12.5. The summed E-state index contributed by atoms with van der Waals surface area (Å²) in [7, 11) is 0. The summed E-state index contributed by atoms with van der Waals surface area (Å²) >= 11 is 2.90. The molecule has 1 amide bonds. The van der Waals surface area contributed by atoms with Crippen molar-refractivity contribution in [1.29, 1.82) is 0 Å². The molecule has 0 bridgehead atoms. The zero-order valence-electron chi connectivity index (χ0n) is 11.8. The highest BCUT2D eigenvalue weighted by molar-refractivity contribution is 7.21. The summed E-state index contributed by atoms with van der Waals surface area (Å²) in [5.74, 6) is -0.234. The van der Waals surface area contributed by atoms with E-state index in [1.807, 2.05) is 29.6 Å². The molecule has 0 fully saturated rings. The van der Waals surface area contributed by atoms with Crippen molar-refractivity contribution in [3.63, 3.8) is 0 Å². The van der Waals surface area contributed by atoms with Gasteiger partial charge in [0.25, 0.3) is 5.91 Å². The lowest BCUT2D eigenvalue weighted by atomic mass is 10.2. The van der Waals surface area contributed by atoms with Crippen molar-refractivity contribution in [3.8, 4) is 10.7 Å². The number of aromatic nitrogens is 3. The molecule has 0 atom stereocenters. The molecule has 1 N–H and O–H groups in total. The molecule has 5 nitrogen and oxygen atoms in total. The number of nitrogens with zero attached hydrogens (tertiary/aromatic N) is 3. The van der Waals surface area contributed by atoms with Crippen molar-refractivity contribution in [2.45, 2.75) is 0 Å². The van der Waals surface area contributed by atoms with Gasteiger partial charge in [-0.15, -0.1) is 22.7 Å². The van der Waals surface area contributed by atoms with Crippen molar-refractivity contribution < 1.29 is 4.79 Å². The molecule has 112 valence electrons. The standard InChI is InChI=1S/C16H10N4OS2/c21-14(20-16-18-8-9-22-16)10-4-3-7-17-13(10)15-19-11-5-1-2-6-12(11)23-15/h1-9H,(H,18,20,21). The van der Waals surface area contributed by atoms with Gasteiger partial charge in [-0.1, -0.05) is 12.1 Å². The molecule has 0 saturated carbocycles. The largest absolute Gasteiger partial charge is 0.298 e. The Labute approximate surface area is 139 Å². The Balaban J connectivity index is 1.75. The lowest BCUT2D eigenvalue weighted by Crippen LogP contribution is -2.13. The number of hydrogen-bond acceptors (Lipinski definition) is 6. The van der Waals surface area contributed by atoms with Crippen LogP contribution in [0.1, 0.15) is 10.4 Å². The Hall–Kier alpha value is -2.64. The summed E-state index contributed by atoms with van der Waals surface area (Å²) in [5.41, 5.74) is 1.98. The summed E-state index contributed by atoms with van der Waals surface area (Å²) in [6, 6.07) is 11.4. The van der Waals surface area contributed by atoms with E-state index in [2.05, 4.69) is 20.3 Å². The van der Waals surface area contributed by atoms with Crippen LogP contribution in [0.4, 0.5) is 5.13 Å². The molecule has 7 heteroatoms. The summed E-state index contributed by atoms with van der Waals surface area (Å²) in [6.07, 6.45) is 3.32. The van der Waals surface area contributed by atoms with Crippen LogP contribution in [-0.2, 0) is 0 Å². The Kier molecular flexibility index (Phi) is 3.57. The smallest absolute Gasteiger partial charge is 0.259 e. The molecular weight excluding hydrogens is 328 g/mol. The Bertz CT molecular complexity index is 946. The molecule has 0 aliphatic heterocycles. The third-order valence-corrected chi connectivity index (χ3v) is 4.93. The first-order chi connectivity index (χ1) is 11.3. The normalized spacial score (nSPS) is 10.8. The van der Waals surface area contributed by atoms with Gasteiger partial charge in [-0.2, -0.15) is 0 Å². The maximum absolute atomic E-state index is 12.5. The fourth-order valence-electron chi connectivity index (χ4n) is 2.18. The summed E-state index contributed by atoms with van der Waals surface area (Å²) in [5, 5.41) is 5.90. The van der Waals surface area contributed by atoms with Crippen molar-refractivity contribution in [2.24, 2.45) is 0 Å². The first kappa shape index (κ1) is 14.0. The van der Waals surface area contributed by atoms with Crippen LogP contribution in [0.2, 0.25) is 0 Å². The molecule has 3 aromatic heterocycles. The quantitative estimate of drug-likeness (QED) is 0.611. The van der Waals surface area contributed by atoms with Gasteiger partial charge in [-0.3, -0.25) is 15.1 Å². The average molecular weight is 338 g/mol. The molecule has 23 heavy (non-hydrogen) atoms. The zero-order valence-corrected chi connectivity index (χ0v) is 13.4. The number of amides is 1. The molecule has 1 aromatic carbocycles. The van der Waals surface area contributed by atoms with Crippen LogP contribution in [0, 0.1) is 0 Å². The van der Waals surface area contributed by atoms with E-state index in [1.165, 1.54) is 22.7 Å². The van der Waals surface area contributed by atoms with Crippen LogP contribution in [0.15, 0.2) is 54.2 Å². The minimum Gasteiger partial charge on any atom is -0.298 e. The monoisotopic (exact) mass is 338 g/mol. The second-order valence-corrected chi connectivity index (χ2v) is 6.60. The van der Waals surface area contributed by atoms with Crippen molar-refractivity contribution in [1.82, 2.24) is 15.0 Å². The number of nitrogens with one attached hydrogen (secondary N) is 1. The van der Waals surface area contributed by atoms with E-state index in [0.29, 0.717) is 16.4 Å². The predicted octanol–water partition coefficient (Wildman–Crippen LogP) is 4.07. The highest BCUT2D eigenvalue weighted by Crippen LogP contribution is 2.31. The fourth-order valence-corrected chi connectivity index (χ4v) is 3.68. The van der Waals surface area contributed by atoms with Gasteiger partial charge < -0.3 is 0 Å². The minimum absolute atomic E-state index is 0.234. The van der Waals surface area contributed by atoms with E-state index in [4.69, 9.17) is 0 Å². The maximum Gasteiger partial charge on any atom is 0.259 e. The summed E-state index contributed by atoms with van der Waals surface area (Å²) in [6.45, 7) is 0. The molecule has 0 radical (unpaired) electrons. The van der Waals surface area contributed by atoms with Gasteiger partial charge in [0.05, 0.1) is 15.8 Å². The number of carbonyl (C=O) groups is 1. The van der Waals surface area contributed by atoms with Crippen LogP contribution >= 0.6 is 22.7 Å². The number of thiazole rings is 2. The molecule has 0 aliphatic carbocycles. The number of fused-ring (bicyclic) bond motifs is 1. The number of rotatable bonds is 3. The summed E-state index contributed by atoms with van der Waals surface area (Å²) in [4.78, 5) is 25.5. The SMILES string of the molecule is O=C(Nc1nccs1)c1cccnc1-c1nc2ccccc2s1. The second-order valence-electron chi connectivity index (χ2n) is 4.68. The third-order valence-electron chi connectivity index (χ3n) is 3.20. The van der Waals surface area contributed by atoms with Gasteiger partial charge in [0.2, 0.25) is 0 Å². The van der Waals surface area contributed by atoms with Gasteiger partial charge in [-0.25, -0.2) is 9.97 Å². The van der Waals surface area contributed by atoms with Gasteiger partial charge in [0.15, 0.2) is 5.13 Å². The Morgan fingerprint density at radius 1 is 1.04 bits per heavy atom. The molecule has 0 saturated heterocycles. The van der Waals surface area contributed by atoms with Crippen molar-refractivity contribution in [3.05, 3.63) is 59.7 Å². The molecule has 4 aromatic rings. The Morgan fingerprint density at radius 2 is 1.96 bits per heavy atom. The van der Waals surface area contributed by atoms with E-state index in [-0.39, 0.29) is 5.91 Å². The summed E-state index contributed by atoms with van der Waals surface area (Å²) < 4.78 is 1.07. The van der Waals surface area contributed by atoms with Crippen LogP contribution in [0.25, 0.3) is 20.9 Å². The zero-order chi connectivity index (χ0) is 15.6. The van der Waals surface area contributed by atoms with E-state index in [9.17, 15) is 4.79 Å². The lowest BCUT2D eigenvalue weighted by Gasteiger charge is -2.05. The Morgan fingerprint density at radius 3 is 2.78 bits per heavy atom. The van der Waals surface area contributed by atoms with E-state index in [1.54, 1.807) is 24.5 Å². The van der Waals surface area contributed by atoms with E-state index < -0.39 is 0 Å². The number of para-hydroxylation sites is 1. The number of hydrogen-bond donors (Lipinski definition) is 1. The first-order valence-corrected chi connectivity index (χ1v) is 8.53. The van der Waals surface area contributed by atoms with Crippen LogP contribution < -0.4 is 5.32 Å². The number of carbonyl (C=O) groups excluding carboxylic acids is 1. The van der Waals surface area contributed by atoms with Gasteiger partial charge >= 0.3 is 0 Å². The van der Waals surface area contributed by atoms with Crippen LogP contribution in [0.3, 0.4) is 0 Å². The number of anilines is 1. The molecule has 0 spiro atoms. The van der Waals surface area contributed by atoms with Gasteiger partial charge in [0, 0.05) is 17.8 Å². The van der Waals surface area contributed by atoms with Crippen molar-refractivity contribution in [2.75, 3.05) is 5.32 Å². The average Bonchev–Trinajstić information content (AvgIpc) is 3.23. The fraction of sp³-hybridized carbons (Fsp3) is 0. The van der Waals surface area contributed by atoms with E-state index >= 15 is 0 Å². The van der Waals surface area contributed by atoms with Gasteiger partial charge in [0.1, 0.15) is 10.7 Å². The number of benzene rings is 1. The van der Waals surface area contributed by atoms with E-state index in [0.717, 1.165) is 15.2 Å².